The Hall–Kier alpha value is -3.08. The van der Waals surface area contributed by atoms with Crippen molar-refractivity contribution >= 4 is 29.1 Å². The van der Waals surface area contributed by atoms with Gasteiger partial charge in [0.15, 0.2) is 0 Å². The van der Waals surface area contributed by atoms with E-state index < -0.39 is 0 Å². The van der Waals surface area contributed by atoms with Crippen molar-refractivity contribution in [1.29, 1.82) is 0 Å². The Labute approximate surface area is 196 Å². The Balaban J connectivity index is 1.66. The van der Waals surface area contributed by atoms with Crippen LogP contribution >= 0.6 is 23.2 Å². The van der Waals surface area contributed by atoms with E-state index in [0.29, 0.717) is 22.3 Å². The highest BCUT2D eigenvalue weighted by molar-refractivity contribution is 6.35. The van der Waals surface area contributed by atoms with Crippen molar-refractivity contribution in [2.24, 2.45) is 0 Å². The van der Waals surface area contributed by atoms with Gasteiger partial charge >= 0.3 is 0 Å². The Morgan fingerprint density at radius 1 is 0.938 bits per heavy atom. The number of halogens is 2. The highest BCUT2D eigenvalue weighted by Gasteiger charge is 2.42. The third kappa shape index (κ3) is 3.60. The van der Waals surface area contributed by atoms with Crippen molar-refractivity contribution in [3.63, 3.8) is 0 Å². The normalized spacial score (nSPS) is 15.3. The van der Waals surface area contributed by atoms with Crippen molar-refractivity contribution < 1.29 is 4.79 Å². The lowest BCUT2D eigenvalue weighted by molar-refractivity contribution is 0.0730. The van der Waals surface area contributed by atoms with E-state index in [0.717, 1.165) is 33.5 Å². The minimum absolute atomic E-state index is 0.0950. The molecule has 1 amide bonds. The molecule has 4 aromatic rings. The predicted molar refractivity (Wildman–Crippen MR) is 128 cm³/mol. The highest BCUT2D eigenvalue weighted by atomic mass is 35.5. The second-order valence-corrected chi connectivity index (χ2v) is 9.06. The molecule has 0 spiro atoms. The molecule has 0 radical (unpaired) electrons. The van der Waals surface area contributed by atoms with Gasteiger partial charge in [-0.25, -0.2) is 0 Å². The standard InChI is InChI=1S/C26H21Cl2N3O/c1-15-3-7-17(8-4-15)14-31-25(20-12-11-19(27)13-21(20)28)22-23(29-30-24(22)26(31)32)18-9-5-16(2)6-10-18/h3-13,25H,14H2,1-2H3,(H,29,30). The zero-order valence-electron chi connectivity index (χ0n) is 17.7. The lowest BCUT2D eigenvalue weighted by Crippen LogP contribution is -2.29. The van der Waals surface area contributed by atoms with Gasteiger partial charge in [0.05, 0.1) is 11.7 Å². The van der Waals surface area contributed by atoms with Gasteiger partial charge in [0.1, 0.15) is 5.69 Å². The van der Waals surface area contributed by atoms with Crippen molar-refractivity contribution in [3.05, 3.63) is 110 Å². The van der Waals surface area contributed by atoms with E-state index in [1.54, 1.807) is 12.1 Å². The quantitative estimate of drug-likeness (QED) is 0.365. The van der Waals surface area contributed by atoms with Crippen LogP contribution in [-0.2, 0) is 6.54 Å². The largest absolute Gasteiger partial charge is 0.322 e. The van der Waals surface area contributed by atoms with Crippen LogP contribution in [-0.4, -0.2) is 21.0 Å². The van der Waals surface area contributed by atoms with E-state index in [1.165, 1.54) is 5.56 Å². The first-order valence-corrected chi connectivity index (χ1v) is 11.1. The number of aromatic nitrogens is 2. The van der Waals surface area contributed by atoms with E-state index >= 15 is 0 Å². The van der Waals surface area contributed by atoms with Crippen LogP contribution in [0.1, 0.15) is 44.3 Å². The summed E-state index contributed by atoms with van der Waals surface area (Å²) in [5, 5.41) is 8.59. The molecule has 1 unspecified atom stereocenters. The molecule has 1 N–H and O–H groups in total. The van der Waals surface area contributed by atoms with Gasteiger partial charge in [-0.05, 0) is 37.1 Å². The Kier molecular flexibility index (Phi) is 5.28. The first kappa shape index (κ1) is 20.8. The summed E-state index contributed by atoms with van der Waals surface area (Å²) in [5.41, 5.74) is 7.27. The molecule has 1 aromatic heterocycles. The van der Waals surface area contributed by atoms with Gasteiger partial charge in [-0.3, -0.25) is 9.89 Å². The van der Waals surface area contributed by atoms with E-state index in [-0.39, 0.29) is 11.9 Å². The number of aromatic amines is 1. The fourth-order valence-corrected chi connectivity index (χ4v) is 4.74. The maximum atomic E-state index is 13.5. The van der Waals surface area contributed by atoms with Crippen LogP contribution in [0.3, 0.4) is 0 Å². The number of H-pyrrole nitrogens is 1. The Morgan fingerprint density at radius 2 is 1.59 bits per heavy atom. The average molecular weight is 462 g/mol. The number of aryl methyl sites for hydroxylation is 2. The molecule has 6 heteroatoms. The summed E-state index contributed by atoms with van der Waals surface area (Å²) in [4.78, 5) is 15.4. The van der Waals surface area contributed by atoms with Crippen molar-refractivity contribution in [3.8, 4) is 11.3 Å². The molecule has 0 saturated heterocycles. The molecule has 1 aliphatic rings. The van der Waals surface area contributed by atoms with Gasteiger partial charge in [0.2, 0.25) is 0 Å². The Morgan fingerprint density at radius 3 is 2.25 bits per heavy atom. The molecular weight excluding hydrogens is 441 g/mol. The van der Waals surface area contributed by atoms with Gasteiger partial charge in [0.25, 0.3) is 5.91 Å². The first-order valence-electron chi connectivity index (χ1n) is 10.4. The number of fused-ring (bicyclic) bond motifs is 1. The van der Waals surface area contributed by atoms with Crippen LogP contribution in [0, 0.1) is 13.8 Å². The fourth-order valence-electron chi connectivity index (χ4n) is 4.23. The molecule has 0 aliphatic carbocycles. The predicted octanol–water partition coefficient (Wildman–Crippen LogP) is 6.75. The molecule has 0 bridgehead atoms. The second kappa shape index (κ2) is 8.12. The summed E-state index contributed by atoms with van der Waals surface area (Å²) >= 11 is 12.8. The van der Waals surface area contributed by atoms with Crippen molar-refractivity contribution in [2.75, 3.05) is 0 Å². The molecule has 4 nitrogen and oxygen atoms in total. The number of hydrogen-bond acceptors (Lipinski definition) is 2. The zero-order chi connectivity index (χ0) is 22.4. The Bertz CT molecular complexity index is 1310. The molecule has 3 aromatic carbocycles. The van der Waals surface area contributed by atoms with Crippen LogP contribution in [0.5, 0.6) is 0 Å². The second-order valence-electron chi connectivity index (χ2n) is 8.21. The lowest BCUT2D eigenvalue weighted by Gasteiger charge is -2.27. The molecule has 0 fully saturated rings. The van der Waals surface area contributed by atoms with Crippen molar-refractivity contribution in [1.82, 2.24) is 15.1 Å². The fraction of sp³-hybridized carbons (Fsp3) is 0.154. The number of nitrogens with zero attached hydrogens (tertiary/aromatic N) is 2. The number of hydrogen-bond donors (Lipinski definition) is 1. The lowest BCUT2D eigenvalue weighted by atomic mass is 9.95. The summed E-state index contributed by atoms with van der Waals surface area (Å²) in [6.07, 6.45) is 0. The monoisotopic (exact) mass is 461 g/mol. The number of amides is 1. The summed E-state index contributed by atoms with van der Waals surface area (Å²) in [6.45, 7) is 4.55. The average Bonchev–Trinajstić information content (AvgIpc) is 3.31. The zero-order valence-corrected chi connectivity index (χ0v) is 19.2. The first-order chi connectivity index (χ1) is 15.4. The number of carbonyl (C=O) groups excluding carboxylic acids is 1. The van der Waals surface area contributed by atoms with Crippen LogP contribution in [0.4, 0.5) is 0 Å². The molecule has 32 heavy (non-hydrogen) atoms. The molecule has 0 saturated carbocycles. The van der Waals surface area contributed by atoms with Gasteiger partial charge < -0.3 is 4.90 Å². The maximum absolute atomic E-state index is 13.5. The third-order valence-corrected chi connectivity index (χ3v) is 6.48. The van der Waals surface area contributed by atoms with Crippen LogP contribution in [0.2, 0.25) is 10.0 Å². The van der Waals surface area contributed by atoms with E-state index in [2.05, 4.69) is 34.5 Å². The van der Waals surface area contributed by atoms with Gasteiger partial charge in [-0.2, -0.15) is 5.10 Å². The van der Waals surface area contributed by atoms with E-state index in [1.807, 2.05) is 49.1 Å². The summed E-state index contributed by atoms with van der Waals surface area (Å²) in [7, 11) is 0. The van der Waals surface area contributed by atoms with Crippen LogP contribution in [0.25, 0.3) is 11.3 Å². The minimum atomic E-state index is -0.376. The molecule has 160 valence electrons. The number of carbonyl (C=O) groups is 1. The molecule has 1 atom stereocenters. The topological polar surface area (TPSA) is 49.0 Å². The van der Waals surface area contributed by atoms with E-state index in [4.69, 9.17) is 23.2 Å². The molecule has 2 heterocycles. The molecular formula is C26H21Cl2N3O. The van der Waals surface area contributed by atoms with Gasteiger partial charge in [-0.15, -0.1) is 0 Å². The number of benzene rings is 3. The smallest absolute Gasteiger partial charge is 0.273 e. The molecule has 1 aliphatic heterocycles. The minimum Gasteiger partial charge on any atom is -0.322 e. The van der Waals surface area contributed by atoms with Gasteiger partial charge in [-0.1, -0.05) is 88.9 Å². The van der Waals surface area contributed by atoms with Crippen LogP contribution in [0.15, 0.2) is 66.7 Å². The summed E-state index contributed by atoms with van der Waals surface area (Å²) < 4.78 is 0. The van der Waals surface area contributed by atoms with Crippen molar-refractivity contribution in [2.45, 2.75) is 26.4 Å². The SMILES string of the molecule is Cc1ccc(CN2C(=O)c3[nH]nc(-c4ccc(C)cc4)c3C2c2ccc(Cl)cc2Cl)cc1. The summed E-state index contributed by atoms with van der Waals surface area (Å²) in [6, 6.07) is 21.4. The number of rotatable bonds is 4. The highest BCUT2D eigenvalue weighted by Crippen LogP contribution is 2.45. The van der Waals surface area contributed by atoms with E-state index in [9.17, 15) is 4.79 Å². The van der Waals surface area contributed by atoms with Gasteiger partial charge in [0, 0.05) is 27.7 Å². The third-order valence-electron chi connectivity index (χ3n) is 5.92. The number of nitrogens with one attached hydrogen (secondary N) is 1. The van der Waals surface area contributed by atoms with Crippen LogP contribution < -0.4 is 0 Å². The summed E-state index contributed by atoms with van der Waals surface area (Å²) in [5.74, 6) is -0.0950. The molecule has 5 rings (SSSR count). The maximum Gasteiger partial charge on any atom is 0.273 e.